The van der Waals surface area contributed by atoms with Crippen molar-refractivity contribution in [1.29, 1.82) is 0 Å². The van der Waals surface area contributed by atoms with Gasteiger partial charge in [-0.1, -0.05) is 44.2 Å². The van der Waals surface area contributed by atoms with Crippen LogP contribution in [0.5, 0.6) is 0 Å². The van der Waals surface area contributed by atoms with Crippen molar-refractivity contribution in [3.8, 4) is 0 Å². The molecule has 4 heteroatoms. The number of carbonyl (C=O) groups excluding carboxylic acids is 1. The van der Waals surface area contributed by atoms with Gasteiger partial charge in [-0.3, -0.25) is 4.79 Å². The summed E-state index contributed by atoms with van der Waals surface area (Å²) < 4.78 is 12.9. The van der Waals surface area contributed by atoms with E-state index in [2.05, 4.69) is 31.3 Å². The van der Waals surface area contributed by atoms with Crippen LogP contribution in [0, 0.1) is 5.82 Å². The summed E-state index contributed by atoms with van der Waals surface area (Å²) in [6.45, 7) is 4.18. The first-order valence-electron chi connectivity index (χ1n) is 7.86. The fourth-order valence-corrected chi connectivity index (χ4v) is 3.21. The molecular formula is C19H22FNOS. The minimum absolute atomic E-state index is 0.00714. The second kappa shape index (κ2) is 8.73. The number of amides is 1. The van der Waals surface area contributed by atoms with Gasteiger partial charge in [-0.15, -0.1) is 11.8 Å². The van der Waals surface area contributed by atoms with Crippen molar-refractivity contribution in [3.63, 3.8) is 0 Å². The molecule has 0 radical (unpaired) electrons. The number of rotatable bonds is 7. The largest absolute Gasteiger partial charge is 0.325 e. The minimum atomic E-state index is -0.236. The molecule has 0 fully saturated rings. The van der Waals surface area contributed by atoms with Gasteiger partial charge in [-0.2, -0.15) is 0 Å². The topological polar surface area (TPSA) is 29.1 Å². The number of anilines is 1. The average Bonchev–Trinajstić information content (AvgIpc) is 2.57. The SMILES string of the molecule is CCc1cccc(CC)c1NC(=O)CSCc1ccc(F)cc1. The Hall–Kier alpha value is -1.81. The first-order chi connectivity index (χ1) is 11.1. The molecule has 2 aromatic carbocycles. The first-order valence-corrected chi connectivity index (χ1v) is 9.02. The second-order valence-electron chi connectivity index (χ2n) is 5.33. The summed E-state index contributed by atoms with van der Waals surface area (Å²) in [7, 11) is 0. The lowest BCUT2D eigenvalue weighted by atomic mass is 10.0. The molecule has 23 heavy (non-hydrogen) atoms. The van der Waals surface area contributed by atoms with Gasteiger partial charge in [0.15, 0.2) is 0 Å². The molecule has 0 atom stereocenters. The zero-order valence-corrected chi connectivity index (χ0v) is 14.4. The van der Waals surface area contributed by atoms with Crippen molar-refractivity contribution >= 4 is 23.4 Å². The van der Waals surface area contributed by atoms with Gasteiger partial charge >= 0.3 is 0 Å². The number of nitrogens with one attached hydrogen (secondary N) is 1. The Morgan fingerprint density at radius 3 is 2.22 bits per heavy atom. The van der Waals surface area contributed by atoms with Gasteiger partial charge in [0.2, 0.25) is 5.91 Å². The van der Waals surface area contributed by atoms with Crippen LogP contribution in [-0.2, 0) is 23.4 Å². The van der Waals surface area contributed by atoms with E-state index in [1.54, 1.807) is 12.1 Å². The van der Waals surface area contributed by atoms with E-state index in [-0.39, 0.29) is 11.7 Å². The van der Waals surface area contributed by atoms with Crippen molar-refractivity contribution < 1.29 is 9.18 Å². The van der Waals surface area contributed by atoms with Gasteiger partial charge in [0.25, 0.3) is 0 Å². The highest BCUT2D eigenvalue weighted by Crippen LogP contribution is 2.23. The normalized spacial score (nSPS) is 10.6. The van der Waals surface area contributed by atoms with E-state index in [1.165, 1.54) is 35.0 Å². The molecule has 2 nitrogen and oxygen atoms in total. The van der Waals surface area contributed by atoms with Crippen molar-refractivity contribution in [3.05, 3.63) is 65.0 Å². The van der Waals surface area contributed by atoms with E-state index in [0.29, 0.717) is 11.5 Å². The molecule has 0 aliphatic carbocycles. The zero-order valence-electron chi connectivity index (χ0n) is 13.6. The maximum atomic E-state index is 12.9. The van der Waals surface area contributed by atoms with E-state index >= 15 is 0 Å². The molecule has 0 unspecified atom stereocenters. The molecule has 1 N–H and O–H groups in total. The quantitative estimate of drug-likeness (QED) is 0.788. The molecule has 2 aromatic rings. The van der Waals surface area contributed by atoms with Gasteiger partial charge < -0.3 is 5.32 Å². The fourth-order valence-electron chi connectivity index (χ4n) is 2.42. The molecular weight excluding hydrogens is 309 g/mol. The average molecular weight is 331 g/mol. The summed E-state index contributed by atoms with van der Waals surface area (Å²) in [5.74, 6) is 0.856. The zero-order chi connectivity index (χ0) is 16.7. The van der Waals surface area contributed by atoms with Crippen LogP contribution in [0.3, 0.4) is 0 Å². The minimum Gasteiger partial charge on any atom is -0.325 e. The van der Waals surface area contributed by atoms with Crippen LogP contribution in [0.2, 0.25) is 0 Å². The van der Waals surface area contributed by atoms with E-state index < -0.39 is 0 Å². The Morgan fingerprint density at radius 2 is 1.65 bits per heavy atom. The van der Waals surface area contributed by atoms with Crippen LogP contribution in [0.25, 0.3) is 0 Å². The van der Waals surface area contributed by atoms with Crippen LogP contribution in [0.1, 0.15) is 30.5 Å². The lowest BCUT2D eigenvalue weighted by Gasteiger charge is -2.14. The Balaban J connectivity index is 1.91. The molecule has 0 aliphatic rings. The molecule has 0 saturated heterocycles. The van der Waals surface area contributed by atoms with Crippen LogP contribution in [0.15, 0.2) is 42.5 Å². The smallest absolute Gasteiger partial charge is 0.234 e. The number of halogens is 1. The number of thioether (sulfide) groups is 1. The summed E-state index contributed by atoms with van der Waals surface area (Å²) in [5.41, 5.74) is 4.32. The van der Waals surface area contributed by atoms with Gasteiger partial charge in [0, 0.05) is 11.4 Å². The highest BCUT2D eigenvalue weighted by molar-refractivity contribution is 7.99. The number of carbonyl (C=O) groups is 1. The summed E-state index contributed by atoms with van der Waals surface area (Å²) in [4.78, 5) is 12.2. The van der Waals surface area contributed by atoms with Gasteiger partial charge in [-0.05, 0) is 41.7 Å². The van der Waals surface area contributed by atoms with Crippen molar-refractivity contribution in [2.45, 2.75) is 32.4 Å². The third kappa shape index (κ3) is 5.10. The van der Waals surface area contributed by atoms with Gasteiger partial charge in [-0.25, -0.2) is 4.39 Å². The van der Waals surface area contributed by atoms with E-state index in [4.69, 9.17) is 0 Å². The number of hydrogen-bond donors (Lipinski definition) is 1. The molecule has 1 amide bonds. The fraction of sp³-hybridized carbons (Fsp3) is 0.316. The molecule has 0 heterocycles. The molecule has 0 aromatic heterocycles. The van der Waals surface area contributed by atoms with Gasteiger partial charge in [0.05, 0.1) is 5.75 Å². The summed E-state index contributed by atoms with van der Waals surface area (Å²) >= 11 is 1.53. The highest BCUT2D eigenvalue weighted by Gasteiger charge is 2.10. The maximum Gasteiger partial charge on any atom is 0.234 e. The molecule has 2 rings (SSSR count). The Bertz CT molecular complexity index is 633. The number of hydrogen-bond acceptors (Lipinski definition) is 2. The summed E-state index contributed by atoms with van der Waals surface area (Å²) in [6.07, 6.45) is 1.79. The molecule has 0 aliphatic heterocycles. The maximum absolute atomic E-state index is 12.9. The van der Waals surface area contributed by atoms with Crippen molar-refractivity contribution in [1.82, 2.24) is 0 Å². The van der Waals surface area contributed by atoms with Gasteiger partial charge in [0.1, 0.15) is 5.82 Å². The van der Waals surface area contributed by atoms with Crippen LogP contribution in [0.4, 0.5) is 10.1 Å². The lowest BCUT2D eigenvalue weighted by Crippen LogP contribution is -2.16. The van der Waals surface area contributed by atoms with Crippen LogP contribution < -0.4 is 5.32 Å². The predicted octanol–water partition coefficient (Wildman–Crippen LogP) is 4.82. The molecule has 0 saturated carbocycles. The van der Waals surface area contributed by atoms with E-state index in [1.807, 2.05) is 6.07 Å². The summed E-state index contributed by atoms with van der Waals surface area (Å²) in [6, 6.07) is 12.5. The molecule has 0 spiro atoms. The first kappa shape index (κ1) is 17.5. The Labute approximate surface area is 141 Å². The standard InChI is InChI=1S/C19H22FNOS/c1-3-15-6-5-7-16(4-2)19(15)21-18(22)13-23-12-14-8-10-17(20)11-9-14/h5-11H,3-4,12-13H2,1-2H3,(H,21,22). The molecule has 122 valence electrons. The predicted molar refractivity (Wildman–Crippen MR) is 96.4 cm³/mol. The monoisotopic (exact) mass is 331 g/mol. The van der Waals surface area contributed by atoms with E-state index in [9.17, 15) is 9.18 Å². The lowest BCUT2D eigenvalue weighted by molar-refractivity contribution is -0.113. The third-order valence-corrected chi connectivity index (χ3v) is 4.68. The van der Waals surface area contributed by atoms with Crippen molar-refractivity contribution in [2.24, 2.45) is 0 Å². The number of benzene rings is 2. The Kier molecular flexibility index (Phi) is 6.66. The second-order valence-corrected chi connectivity index (χ2v) is 6.31. The number of aryl methyl sites for hydroxylation is 2. The third-order valence-electron chi connectivity index (χ3n) is 3.68. The van der Waals surface area contributed by atoms with Crippen molar-refractivity contribution in [2.75, 3.05) is 11.1 Å². The Morgan fingerprint density at radius 1 is 1.04 bits per heavy atom. The highest BCUT2D eigenvalue weighted by atomic mass is 32.2. The number of para-hydroxylation sites is 1. The van der Waals surface area contributed by atoms with Crippen LogP contribution >= 0.6 is 11.8 Å². The van der Waals surface area contributed by atoms with E-state index in [0.717, 1.165) is 24.1 Å². The molecule has 0 bridgehead atoms. The summed E-state index contributed by atoms with van der Waals surface area (Å²) in [5, 5.41) is 3.06. The van der Waals surface area contributed by atoms with Crippen LogP contribution in [-0.4, -0.2) is 11.7 Å².